The van der Waals surface area contributed by atoms with Crippen molar-refractivity contribution in [2.75, 3.05) is 11.9 Å². The summed E-state index contributed by atoms with van der Waals surface area (Å²) >= 11 is 0. The maximum Gasteiger partial charge on any atom is 0.573 e. The van der Waals surface area contributed by atoms with Gasteiger partial charge in [0.25, 0.3) is 0 Å². The summed E-state index contributed by atoms with van der Waals surface area (Å²) in [5, 5.41) is 14.4. The predicted octanol–water partition coefficient (Wildman–Crippen LogP) is 3.44. The van der Waals surface area contributed by atoms with Crippen LogP contribution in [0, 0.1) is 0 Å². The Morgan fingerprint density at radius 2 is 1.71 bits per heavy atom. The van der Waals surface area contributed by atoms with E-state index in [1.165, 1.54) is 12.1 Å². The Morgan fingerprint density at radius 3 is 2.25 bits per heavy atom. The second kappa shape index (κ2) is 7.69. The van der Waals surface area contributed by atoms with Crippen molar-refractivity contribution in [2.45, 2.75) is 12.4 Å². The quantitative estimate of drug-likeness (QED) is 0.781. The van der Waals surface area contributed by atoms with Crippen LogP contribution < -0.4 is 15.4 Å². The largest absolute Gasteiger partial charge is 0.573 e. The molecule has 2 amide bonds. The van der Waals surface area contributed by atoms with Crippen LogP contribution in [0.25, 0.3) is 0 Å². The van der Waals surface area contributed by atoms with Crippen LogP contribution in [0.5, 0.6) is 5.75 Å². The SMILES string of the molecule is O=C(Nc1ccc(OC(F)(F)F)cc1)N[C@H](CO)c1ccccc1. The van der Waals surface area contributed by atoms with E-state index < -0.39 is 18.4 Å². The molecular weight excluding hydrogens is 325 g/mol. The third kappa shape index (κ3) is 5.47. The fourth-order valence-corrected chi connectivity index (χ4v) is 1.99. The number of aliphatic hydroxyl groups excluding tert-OH is 1. The van der Waals surface area contributed by atoms with Crippen molar-refractivity contribution >= 4 is 11.7 Å². The summed E-state index contributed by atoms with van der Waals surface area (Å²) in [6, 6.07) is 12.4. The molecule has 0 unspecified atom stereocenters. The van der Waals surface area contributed by atoms with Gasteiger partial charge in [0.05, 0.1) is 12.6 Å². The lowest BCUT2D eigenvalue weighted by Crippen LogP contribution is -2.34. The summed E-state index contributed by atoms with van der Waals surface area (Å²) in [5.74, 6) is -0.383. The average molecular weight is 340 g/mol. The molecular formula is C16H15F3N2O3. The highest BCUT2D eigenvalue weighted by molar-refractivity contribution is 5.89. The van der Waals surface area contributed by atoms with Gasteiger partial charge in [-0.2, -0.15) is 0 Å². The molecule has 0 aliphatic carbocycles. The van der Waals surface area contributed by atoms with E-state index >= 15 is 0 Å². The molecule has 1 atom stereocenters. The van der Waals surface area contributed by atoms with E-state index in [-0.39, 0.29) is 18.0 Å². The molecule has 0 fully saturated rings. The number of urea groups is 1. The van der Waals surface area contributed by atoms with Crippen molar-refractivity contribution in [1.82, 2.24) is 5.32 Å². The summed E-state index contributed by atoms with van der Waals surface area (Å²) < 4.78 is 40.0. The summed E-state index contributed by atoms with van der Waals surface area (Å²) in [6.45, 7) is -0.296. The Labute approximate surface area is 136 Å². The number of aliphatic hydroxyl groups is 1. The molecule has 24 heavy (non-hydrogen) atoms. The number of rotatable bonds is 5. The van der Waals surface area contributed by atoms with Gasteiger partial charge in [0.1, 0.15) is 5.75 Å². The monoisotopic (exact) mass is 340 g/mol. The van der Waals surface area contributed by atoms with Gasteiger partial charge in [-0.15, -0.1) is 13.2 Å². The van der Waals surface area contributed by atoms with Gasteiger partial charge in [0, 0.05) is 5.69 Å². The summed E-state index contributed by atoms with van der Waals surface area (Å²) in [4.78, 5) is 11.9. The smallest absolute Gasteiger partial charge is 0.406 e. The molecule has 0 saturated heterocycles. The van der Waals surface area contributed by atoms with E-state index in [1.54, 1.807) is 24.3 Å². The topological polar surface area (TPSA) is 70.6 Å². The Kier molecular flexibility index (Phi) is 5.64. The minimum absolute atomic E-state index is 0.284. The maximum atomic E-state index is 12.1. The van der Waals surface area contributed by atoms with Crippen molar-refractivity contribution < 1.29 is 27.8 Å². The molecule has 8 heteroatoms. The molecule has 0 aliphatic heterocycles. The van der Waals surface area contributed by atoms with Crippen molar-refractivity contribution in [3.8, 4) is 5.75 Å². The van der Waals surface area contributed by atoms with E-state index in [0.717, 1.165) is 17.7 Å². The number of alkyl halides is 3. The van der Waals surface area contributed by atoms with Crippen molar-refractivity contribution in [3.05, 3.63) is 60.2 Å². The fraction of sp³-hybridized carbons (Fsp3) is 0.188. The minimum Gasteiger partial charge on any atom is -0.406 e. The minimum atomic E-state index is -4.77. The highest BCUT2D eigenvalue weighted by Crippen LogP contribution is 2.24. The first-order chi connectivity index (χ1) is 11.4. The summed E-state index contributed by atoms with van der Waals surface area (Å²) in [5.41, 5.74) is 1.01. The van der Waals surface area contributed by atoms with Gasteiger partial charge in [-0.25, -0.2) is 4.79 Å². The number of carbonyl (C=O) groups is 1. The second-order valence-corrected chi connectivity index (χ2v) is 4.82. The number of hydrogen-bond donors (Lipinski definition) is 3. The number of anilines is 1. The van der Waals surface area contributed by atoms with Crippen LogP contribution >= 0.6 is 0 Å². The normalized spacial score (nSPS) is 12.3. The second-order valence-electron chi connectivity index (χ2n) is 4.82. The number of carbonyl (C=O) groups excluding carboxylic acids is 1. The van der Waals surface area contributed by atoms with Crippen LogP contribution in [-0.4, -0.2) is 24.1 Å². The van der Waals surface area contributed by atoms with Gasteiger partial charge >= 0.3 is 12.4 Å². The van der Waals surface area contributed by atoms with Crippen molar-refractivity contribution in [2.24, 2.45) is 0 Å². The maximum absolute atomic E-state index is 12.1. The Hall–Kier alpha value is -2.74. The molecule has 0 aliphatic rings. The zero-order chi connectivity index (χ0) is 17.6. The van der Waals surface area contributed by atoms with Gasteiger partial charge in [-0.1, -0.05) is 30.3 Å². The number of amides is 2. The van der Waals surface area contributed by atoms with Crippen LogP contribution in [0.15, 0.2) is 54.6 Å². The summed E-state index contributed by atoms with van der Waals surface area (Å²) in [7, 11) is 0. The number of nitrogens with one attached hydrogen (secondary N) is 2. The molecule has 0 aromatic heterocycles. The Morgan fingerprint density at radius 1 is 1.08 bits per heavy atom. The van der Waals surface area contributed by atoms with E-state index in [9.17, 15) is 23.1 Å². The fourth-order valence-electron chi connectivity index (χ4n) is 1.99. The first-order valence-corrected chi connectivity index (χ1v) is 6.96. The first kappa shape index (κ1) is 17.6. The Bertz CT molecular complexity index is 661. The summed E-state index contributed by atoms with van der Waals surface area (Å²) in [6.07, 6.45) is -4.77. The van der Waals surface area contributed by atoms with Gasteiger partial charge in [-0.05, 0) is 29.8 Å². The van der Waals surface area contributed by atoms with Crippen LogP contribution in [0.1, 0.15) is 11.6 Å². The molecule has 3 N–H and O–H groups in total. The van der Waals surface area contributed by atoms with Gasteiger partial charge in [0.15, 0.2) is 0 Å². The number of hydrogen-bond acceptors (Lipinski definition) is 3. The lowest BCUT2D eigenvalue weighted by Gasteiger charge is -2.17. The molecule has 0 saturated carbocycles. The first-order valence-electron chi connectivity index (χ1n) is 6.96. The molecule has 2 aromatic carbocycles. The average Bonchev–Trinajstić information content (AvgIpc) is 2.54. The van der Waals surface area contributed by atoms with Crippen molar-refractivity contribution in [3.63, 3.8) is 0 Å². The molecule has 2 rings (SSSR count). The highest BCUT2D eigenvalue weighted by atomic mass is 19.4. The molecule has 0 heterocycles. The lowest BCUT2D eigenvalue weighted by molar-refractivity contribution is -0.274. The number of ether oxygens (including phenoxy) is 1. The van der Waals surface area contributed by atoms with E-state index in [1.807, 2.05) is 6.07 Å². The molecule has 0 spiro atoms. The zero-order valence-electron chi connectivity index (χ0n) is 12.4. The van der Waals surface area contributed by atoms with E-state index in [0.29, 0.717) is 0 Å². The highest BCUT2D eigenvalue weighted by Gasteiger charge is 2.30. The van der Waals surface area contributed by atoms with Crippen LogP contribution in [0.4, 0.5) is 23.7 Å². The van der Waals surface area contributed by atoms with E-state index in [2.05, 4.69) is 15.4 Å². The third-order valence-corrected chi connectivity index (χ3v) is 3.04. The van der Waals surface area contributed by atoms with Gasteiger partial charge in [-0.3, -0.25) is 0 Å². The van der Waals surface area contributed by atoms with Crippen LogP contribution in [0.2, 0.25) is 0 Å². The standard InChI is InChI=1S/C16H15F3N2O3/c17-16(18,19)24-13-8-6-12(7-9-13)20-15(23)21-14(10-22)11-4-2-1-3-5-11/h1-9,14,22H,10H2,(H2,20,21,23)/t14-/m1/s1. The third-order valence-electron chi connectivity index (χ3n) is 3.04. The zero-order valence-corrected chi connectivity index (χ0v) is 12.4. The van der Waals surface area contributed by atoms with Gasteiger partial charge < -0.3 is 20.5 Å². The van der Waals surface area contributed by atoms with E-state index in [4.69, 9.17) is 0 Å². The number of halogens is 3. The molecule has 0 bridgehead atoms. The molecule has 5 nitrogen and oxygen atoms in total. The molecule has 2 aromatic rings. The predicted molar refractivity (Wildman–Crippen MR) is 81.5 cm³/mol. The molecule has 128 valence electrons. The van der Waals surface area contributed by atoms with Crippen molar-refractivity contribution in [1.29, 1.82) is 0 Å². The Balaban J connectivity index is 1.94. The van der Waals surface area contributed by atoms with Gasteiger partial charge in [0.2, 0.25) is 0 Å². The van der Waals surface area contributed by atoms with Crippen LogP contribution in [0.3, 0.4) is 0 Å². The lowest BCUT2D eigenvalue weighted by atomic mass is 10.1. The molecule has 0 radical (unpaired) electrons. The van der Waals surface area contributed by atoms with Crippen LogP contribution in [-0.2, 0) is 0 Å². The number of benzene rings is 2.